The Bertz CT molecular complexity index is 2420. The highest BCUT2D eigenvalue weighted by atomic mass is 16.4. The first-order chi connectivity index (χ1) is 38.2. The van der Waals surface area contributed by atoms with Crippen molar-refractivity contribution >= 4 is 76.9 Å². The van der Waals surface area contributed by atoms with E-state index in [0.717, 1.165) is 6.42 Å². The van der Waals surface area contributed by atoms with Crippen LogP contribution < -0.4 is 43.8 Å². The summed E-state index contributed by atoms with van der Waals surface area (Å²) in [7, 11) is 0. The number of carboxylic acids is 1. The minimum absolute atomic E-state index is 0.0464. The topological polar surface area (TPSA) is 415 Å². The zero-order chi connectivity index (χ0) is 57.9. The number of carboxylic acid groups (broad SMARTS) is 1. The number of carbonyl (C=O) groups excluding carboxylic acids is 11. The van der Waals surface area contributed by atoms with Crippen LogP contribution in [0, 0.1) is 0 Å². The van der Waals surface area contributed by atoms with E-state index in [1.54, 1.807) is 0 Å². The van der Waals surface area contributed by atoms with Gasteiger partial charge in [0.05, 0.1) is 19.1 Å². The molecule has 0 spiro atoms. The third-order valence-electron chi connectivity index (χ3n) is 16.5. The van der Waals surface area contributed by atoms with Crippen LogP contribution in [0.25, 0.3) is 0 Å². The van der Waals surface area contributed by atoms with Gasteiger partial charge in [-0.3, -0.25) is 62.5 Å². The highest BCUT2D eigenvalue weighted by Crippen LogP contribution is 2.31. The maximum atomic E-state index is 14.6. The van der Waals surface area contributed by atoms with Crippen LogP contribution in [-0.2, 0) is 57.5 Å². The van der Waals surface area contributed by atoms with Crippen molar-refractivity contribution in [2.24, 2.45) is 22.2 Å². The van der Waals surface area contributed by atoms with E-state index in [4.69, 9.17) is 17.2 Å². The van der Waals surface area contributed by atoms with E-state index in [2.05, 4.69) is 31.6 Å². The summed E-state index contributed by atoms with van der Waals surface area (Å²) in [6, 6.07) is -12.0. The van der Waals surface area contributed by atoms with Crippen molar-refractivity contribution in [3.63, 3.8) is 0 Å². The molecule has 0 unspecified atom stereocenters. The fourth-order valence-corrected chi connectivity index (χ4v) is 12.4. The maximum absolute atomic E-state index is 14.6. The molecule has 7 aliphatic rings. The van der Waals surface area contributed by atoms with Gasteiger partial charge in [0.2, 0.25) is 65.0 Å². The number of hydrogen-bond donors (Lipinski definition) is 10. The number of nitrogens with two attached hydrogens (primary N) is 3. The Morgan fingerprint density at radius 1 is 0.525 bits per heavy atom. The van der Waals surface area contributed by atoms with E-state index in [-0.39, 0.29) is 89.7 Å². The highest BCUT2D eigenvalue weighted by molar-refractivity contribution is 6.00. The lowest BCUT2D eigenvalue weighted by molar-refractivity contribution is -0.151. The molecule has 7 fully saturated rings. The first kappa shape index (κ1) is 60.5. The summed E-state index contributed by atoms with van der Waals surface area (Å²) in [6.07, 6.45) is 5.27. The minimum Gasteiger partial charge on any atom is -0.480 e. The molecule has 0 aromatic carbocycles. The van der Waals surface area contributed by atoms with Crippen LogP contribution in [0.1, 0.15) is 116 Å². The first-order valence-electron chi connectivity index (χ1n) is 28.2. The average molecular weight is 1130 g/mol. The molecule has 7 rings (SSSR count). The molecule has 80 heavy (non-hydrogen) atoms. The third-order valence-corrected chi connectivity index (χ3v) is 16.5. The van der Waals surface area contributed by atoms with Gasteiger partial charge < -0.3 is 83.4 Å². The SMILES string of the molecule is C[C@H](NC(=O)[C@@H]1CCCN1C(=O)[C@@H]1CCCN1C(=O)[C@H](CCCN=C(N)N)NC(=O)[C@@H]1CCCN1C(=O)[C@@H]1CCCN1C(=O)[C@@H]1CCCN1C(=O)[C@H](CC(N)=O)NC(=O)[C@H](CO)NC(=O)[C@@H]1CCCN1C(=O)[C@@H]1CCCN1)C(=O)O. The van der Waals surface area contributed by atoms with E-state index in [1.165, 1.54) is 36.3 Å². The first-order valence-corrected chi connectivity index (χ1v) is 28.2. The van der Waals surface area contributed by atoms with Crippen LogP contribution >= 0.6 is 0 Å². The van der Waals surface area contributed by atoms with E-state index >= 15 is 0 Å². The number of aliphatic hydroxyl groups is 1. The van der Waals surface area contributed by atoms with Gasteiger partial charge in [-0.25, -0.2) is 0 Å². The van der Waals surface area contributed by atoms with Crippen molar-refractivity contribution in [3.05, 3.63) is 0 Å². The molecule has 7 saturated heterocycles. The molecule has 0 aromatic rings. The van der Waals surface area contributed by atoms with E-state index in [0.29, 0.717) is 70.9 Å². The van der Waals surface area contributed by atoms with Crippen LogP contribution in [0.3, 0.4) is 0 Å². The number of carbonyl (C=O) groups is 12. The second-order valence-electron chi connectivity index (χ2n) is 21.8. The Morgan fingerprint density at radius 3 is 1.38 bits per heavy atom. The standard InChI is InChI=1S/C51H79N15O14/c1-28(50(79)80)57-41(70)33-12-5-21-62(33)47(76)36-15-7-23-64(36)45(74)30(11-3-19-56-51(53)54)58-42(71)35-14-6-22-63(35)48(77)38-17-9-25-66(38)49(78)37-16-8-24-65(37)46(75)31(26-39(52)68)59-40(69)32(27-67)60-43(72)34-13-4-20-61(34)44(73)29-10-2-18-55-29/h28-38,55,67H,2-27H2,1H3,(H2,52,68)(H,57,70)(H,58,71)(H,59,69)(H,60,72)(H,79,80)(H4,53,54,56)/t28-,29-,30-,31-,32-,33-,34-,35-,36-,37-,38-/m0/s1. The Morgan fingerprint density at radius 2 is 0.938 bits per heavy atom. The zero-order valence-electron chi connectivity index (χ0n) is 45.4. The summed E-state index contributed by atoms with van der Waals surface area (Å²) >= 11 is 0. The van der Waals surface area contributed by atoms with E-state index in [9.17, 15) is 67.7 Å². The molecule has 29 heteroatoms. The van der Waals surface area contributed by atoms with Crippen LogP contribution in [0.4, 0.5) is 0 Å². The Hall–Kier alpha value is -7.17. The van der Waals surface area contributed by atoms with Crippen LogP contribution in [0.2, 0.25) is 0 Å². The fraction of sp³-hybridized carbons (Fsp3) is 0.745. The van der Waals surface area contributed by atoms with Gasteiger partial charge in [0, 0.05) is 45.8 Å². The summed E-state index contributed by atoms with van der Waals surface area (Å²) < 4.78 is 0. The summed E-state index contributed by atoms with van der Waals surface area (Å²) in [5.41, 5.74) is 16.6. The molecule has 0 aromatic heterocycles. The maximum Gasteiger partial charge on any atom is 0.325 e. The number of rotatable bonds is 22. The average Bonchev–Trinajstić information content (AvgIpc) is 4.37. The van der Waals surface area contributed by atoms with E-state index < -0.39 is 145 Å². The largest absolute Gasteiger partial charge is 0.480 e. The molecule has 442 valence electrons. The molecular formula is C51H79N15O14. The Kier molecular flexibility index (Phi) is 20.7. The second kappa shape index (κ2) is 27.3. The molecule has 29 nitrogen and oxygen atoms in total. The number of nitrogens with zero attached hydrogens (tertiary/aromatic N) is 7. The minimum atomic E-state index is -1.61. The van der Waals surface area contributed by atoms with Gasteiger partial charge in [-0.2, -0.15) is 0 Å². The molecule has 11 amide bonds. The molecular weight excluding hydrogens is 1050 g/mol. The number of aliphatic carboxylic acids is 1. The van der Waals surface area contributed by atoms with Crippen LogP contribution in [0.5, 0.6) is 0 Å². The number of aliphatic imine (C=N–C) groups is 1. The molecule has 11 atom stereocenters. The number of likely N-dealkylation sites (tertiary alicyclic amines) is 6. The van der Waals surface area contributed by atoms with E-state index in [1.807, 2.05) is 0 Å². The quantitative estimate of drug-likeness (QED) is 0.0275. The second-order valence-corrected chi connectivity index (χ2v) is 21.8. The lowest BCUT2D eigenvalue weighted by Gasteiger charge is -2.35. The molecule has 13 N–H and O–H groups in total. The summed E-state index contributed by atoms with van der Waals surface area (Å²) in [6.45, 7) is 2.29. The lowest BCUT2D eigenvalue weighted by atomic mass is 10.1. The Balaban J connectivity index is 0.992. The number of primary amides is 1. The number of amides is 11. The lowest BCUT2D eigenvalue weighted by Crippen LogP contribution is -2.60. The van der Waals surface area contributed by atoms with Gasteiger partial charge in [-0.1, -0.05) is 0 Å². The van der Waals surface area contributed by atoms with Gasteiger partial charge in [0.15, 0.2) is 5.96 Å². The van der Waals surface area contributed by atoms with Gasteiger partial charge in [0.25, 0.3) is 0 Å². The van der Waals surface area contributed by atoms with Gasteiger partial charge in [-0.05, 0) is 116 Å². The molecule has 7 heterocycles. The molecule has 0 radical (unpaired) electrons. The predicted octanol–water partition coefficient (Wildman–Crippen LogP) is -5.35. The van der Waals surface area contributed by atoms with Crippen molar-refractivity contribution in [2.45, 2.75) is 183 Å². The van der Waals surface area contributed by atoms with Crippen molar-refractivity contribution in [3.8, 4) is 0 Å². The summed E-state index contributed by atoms with van der Waals surface area (Å²) in [5.74, 6) is -8.47. The number of nitrogens with one attached hydrogen (secondary N) is 5. The predicted molar refractivity (Wildman–Crippen MR) is 281 cm³/mol. The monoisotopic (exact) mass is 1130 g/mol. The third kappa shape index (κ3) is 14.0. The normalized spacial score (nSPS) is 26.1. The van der Waals surface area contributed by atoms with Gasteiger partial charge in [0.1, 0.15) is 60.4 Å². The van der Waals surface area contributed by atoms with Crippen LogP contribution in [-0.4, -0.2) is 242 Å². The number of hydrogen-bond acceptors (Lipinski definition) is 15. The van der Waals surface area contributed by atoms with Crippen LogP contribution in [0.15, 0.2) is 4.99 Å². The van der Waals surface area contributed by atoms with Crippen molar-refractivity contribution in [2.75, 3.05) is 59.0 Å². The molecule has 0 bridgehead atoms. The zero-order valence-corrected chi connectivity index (χ0v) is 45.4. The fourth-order valence-electron chi connectivity index (χ4n) is 12.4. The highest BCUT2D eigenvalue weighted by Gasteiger charge is 2.49. The van der Waals surface area contributed by atoms with Gasteiger partial charge in [-0.15, -0.1) is 0 Å². The Labute approximate surface area is 463 Å². The number of guanidine groups is 1. The molecule has 0 aliphatic carbocycles. The summed E-state index contributed by atoms with van der Waals surface area (Å²) in [5, 5.41) is 32.9. The van der Waals surface area contributed by atoms with Crippen molar-refractivity contribution in [1.82, 2.24) is 56.0 Å². The number of aliphatic hydroxyl groups excluding tert-OH is 1. The van der Waals surface area contributed by atoms with Gasteiger partial charge >= 0.3 is 5.97 Å². The molecule has 0 saturated carbocycles. The smallest absolute Gasteiger partial charge is 0.325 e. The van der Waals surface area contributed by atoms with Crippen molar-refractivity contribution < 1.29 is 67.7 Å². The molecule has 7 aliphatic heterocycles. The summed E-state index contributed by atoms with van der Waals surface area (Å²) in [4.78, 5) is 176. The van der Waals surface area contributed by atoms with Crippen molar-refractivity contribution in [1.29, 1.82) is 0 Å².